The third-order valence-electron chi connectivity index (χ3n) is 3.41. The first-order chi connectivity index (χ1) is 11.5. The fourth-order valence-electron chi connectivity index (χ4n) is 2.20. The summed E-state index contributed by atoms with van der Waals surface area (Å²) in [6, 6.07) is 10.2. The van der Waals surface area contributed by atoms with Crippen LogP contribution in [0.2, 0.25) is 10.0 Å². The molecule has 2 amide bonds. The van der Waals surface area contributed by atoms with E-state index in [1.165, 1.54) is 4.90 Å². The largest absolute Gasteiger partial charge is 0.493 e. The number of amides is 2. The Morgan fingerprint density at radius 1 is 1.12 bits per heavy atom. The first-order valence-corrected chi connectivity index (χ1v) is 7.89. The number of halogens is 2. The molecule has 5 nitrogen and oxygen atoms in total. The number of benzene rings is 2. The smallest absolute Gasteiger partial charge is 0.321 e. The lowest BCUT2D eigenvalue weighted by molar-refractivity contribution is 0.220. The molecule has 0 atom stereocenters. The highest BCUT2D eigenvalue weighted by atomic mass is 35.5. The van der Waals surface area contributed by atoms with E-state index in [0.717, 1.165) is 5.56 Å². The Hall–Kier alpha value is -2.11. The fraction of sp³-hybridized carbons (Fsp3) is 0.235. The lowest BCUT2D eigenvalue weighted by Crippen LogP contribution is -2.31. The summed E-state index contributed by atoms with van der Waals surface area (Å²) in [5.74, 6) is 1.22. The number of urea groups is 1. The molecule has 0 saturated carbocycles. The minimum Gasteiger partial charge on any atom is -0.493 e. The Labute approximate surface area is 151 Å². The van der Waals surface area contributed by atoms with Gasteiger partial charge in [-0.3, -0.25) is 0 Å². The van der Waals surface area contributed by atoms with E-state index in [-0.39, 0.29) is 6.03 Å². The first kappa shape index (κ1) is 18.2. The lowest BCUT2D eigenvalue weighted by Gasteiger charge is -2.20. The average Bonchev–Trinajstić information content (AvgIpc) is 2.57. The van der Waals surface area contributed by atoms with Crippen molar-refractivity contribution in [1.82, 2.24) is 4.90 Å². The predicted octanol–water partition coefficient (Wildman–Crippen LogP) is 4.67. The highest BCUT2D eigenvalue weighted by Crippen LogP contribution is 2.31. The van der Waals surface area contributed by atoms with E-state index in [9.17, 15) is 4.79 Å². The van der Waals surface area contributed by atoms with Gasteiger partial charge in [-0.25, -0.2) is 4.79 Å². The van der Waals surface area contributed by atoms with Gasteiger partial charge in [0.2, 0.25) is 0 Å². The molecule has 0 spiro atoms. The quantitative estimate of drug-likeness (QED) is 0.833. The van der Waals surface area contributed by atoms with Crippen molar-refractivity contribution in [2.45, 2.75) is 6.54 Å². The summed E-state index contributed by atoms with van der Waals surface area (Å²) < 4.78 is 10.6. The lowest BCUT2D eigenvalue weighted by atomic mass is 10.1. The number of para-hydroxylation sites is 1. The maximum atomic E-state index is 12.3. The Morgan fingerprint density at radius 3 is 2.50 bits per heavy atom. The second-order valence-corrected chi connectivity index (χ2v) is 5.88. The van der Waals surface area contributed by atoms with Crippen molar-refractivity contribution in [3.05, 3.63) is 52.0 Å². The fourth-order valence-corrected chi connectivity index (χ4v) is 2.50. The van der Waals surface area contributed by atoms with Crippen molar-refractivity contribution >= 4 is 34.9 Å². The van der Waals surface area contributed by atoms with Crippen LogP contribution in [0.15, 0.2) is 36.4 Å². The molecule has 0 fully saturated rings. The number of hydrogen-bond donors (Lipinski definition) is 1. The van der Waals surface area contributed by atoms with Gasteiger partial charge in [-0.2, -0.15) is 0 Å². The number of carbonyl (C=O) groups is 1. The van der Waals surface area contributed by atoms with Crippen LogP contribution in [-0.4, -0.2) is 32.2 Å². The van der Waals surface area contributed by atoms with E-state index in [1.807, 2.05) is 12.1 Å². The van der Waals surface area contributed by atoms with Crippen LogP contribution in [0.3, 0.4) is 0 Å². The number of carbonyl (C=O) groups excluding carboxylic acids is 1. The summed E-state index contributed by atoms with van der Waals surface area (Å²) in [5.41, 5.74) is 1.41. The summed E-state index contributed by atoms with van der Waals surface area (Å²) in [7, 11) is 4.82. The molecule has 7 heteroatoms. The van der Waals surface area contributed by atoms with Crippen LogP contribution >= 0.6 is 23.2 Å². The van der Waals surface area contributed by atoms with Gasteiger partial charge in [-0.1, -0.05) is 35.3 Å². The third kappa shape index (κ3) is 4.24. The number of methoxy groups -OCH3 is 2. The van der Waals surface area contributed by atoms with Gasteiger partial charge in [-0.15, -0.1) is 0 Å². The zero-order valence-electron chi connectivity index (χ0n) is 13.6. The molecular weight excluding hydrogens is 351 g/mol. The van der Waals surface area contributed by atoms with Crippen molar-refractivity contribution < 1.29 is 14.3 Å². The Bertz CT molecular complexity index is 738. The molecule has 2 aromatic carbocycles. The van der Waals surface area contributed by atoms with Crippen LogP contribution < -0.4 is 14.8 Å². The van der Waals surface area contributed by atoms with Crippen molar-refractivity contribution in [2.75, 3.05) is 26.6 Å². The molecule has 2 aromatic rings. The SMILES string of the molecule is COc1cccc(CN(C)C(=O)Nc2ccc(Cl)c(Cl)c2)c1OC. The van der Waals surface area contributed by atoms with Crippen LogP contribution in [0, 0.1) is 0 Å². The van der Waals surface area contributed by atoms with Crippen LogP contribution in [0.1, 0.15) is 5.56 Å². The molecule has 0 saturated heterocycles. The van der Waals surface area contributed by atoms with Crippen LogP contribution in [-0.2, 0) is 6.54 Å². The van der Waals surface area contributed by atoms with E-state index in [1.54, 1.807) is 45.5 Å². The van der Waals surface area contributed by atoms with Crippen LogP contribution in [0.4, 0.5) is 10.5 Å². The monoisotopic (exact) mass is 368 g/mol. The van der Waals surface area contributed by atoms with Crippen LogP contribution in [0.5, 0.6) is 11.5 Å². The zero-order valence-corrected chi connectivity index (χ0v) is 15.1. The summed E-state index contributed by atoms with van der Waals surface area (Å²) in [6.45, 7) is 0.355. The standard InChI is InChI=1S/C17H18Cl2N2O3/c1-21(10-11-5-4-6-15(23-2)16(11)24-3)17(22)20-12-7-8-13(18)14(19)9-12/h4-9H,10H2,1-3H3,(H,20,22). The molecule has 0 aliphatic heterocycles. The van der Waals surface area contributed by atoms with Crippen molar-refractivity contribution in [2.24, 2.45) is 0 Å². The topological polar surface area (TPSA) is 50.8 Å². The first-order valence-electron chi connectivity index (χ1n) is 7.13. The molecule has 1 N–H and O–H groups in total. The number of rotatable bonds is 5. The average molecular weight is 369 g/mol. The van der Waals surface area contributed by atoms with Gasteiger partial charge in [0.05, 0.1) is 30.8 Å². The van der Waals surface area contributed by atoms with E-state index >= 15 is 0 Å². The van der Waals surface area contributed by atoms with Crippen LogP contribution in [0.25, 0.3) is 0 Å². The van der Waals surface area contributed by atoms with Gasteiger partial charge < -0.3 is 19.7 Å². The second-order valence-electron chi connectivity index (χ2n) is 5.07. The normalized spacial score (nSPS) is 10.2. The highest BCUT2D eigenvalue weighted by molar-refractivity contribution is 6.42. The van der Waals surface area contributed by atoms with E-state index in [0.29, 0.717) is 33.8 Å². The molecule has 0 heterocycles. The van der Waals surface area contributed by atoms with Gasteiger partial charge in [0.15, 0.2) is 11.5 Å². The molecule has 0 aromatic heterocycles. The van der Waals surface area contributed by atoms with Crippen molar-refractivity contribution in [3.63, 3.8) is 0 Å². The summed E-state index contributed by atoms with van der Waals surface area (Å²) in [4.78, 5) is 13.9. The summed E-state index contributed by atoms with van der Waals surface area (Å²) in [5, 5.41) is 3.58. The molecule has 2 rings (SSSR count). The predicted molar refractivity (Wildman–Crippen MR) is 96.5 cm³/mol. The third-order valence-corrected chi connectivity index (χ3v) is 4.15. The minimum absolute atomic E-state index is 0.279. The zero-order chi connectivity index (χ0) is 17.7. The molecule has 0 aliphatic carbocycles. The van der Waals surface area contributed by atoms with Gasteiger partial charge >= 0.3 is 6.03 Å². The molecular formula is C17H18Cl2N2O3. The maximum absolute atomic E-state index is 12.3. The Balaban J connectivity index is 2.10. The minimum atomic E-state index is -0.279. The number of nitrogens with one attached hydrogen (secondary N) is 1. The number of hydrogen-bond acceptors (Lipinski definition) is 3. The van der Waals surface area contributed by atoms with E-state index < -0.39 is 0 Å². The van der Waals surface area contributed by atoms with E-state index in [2.05, 4.69) is 5.32 Å². The van der Waals surface area contributed by atoms with Gasteiger partial charge in [0, 0.05) is 18.3 Å². The summed E-state index contributed by atoms with van der Waals surface area (Å²) in [6.07, 6.45) is 0. The molecule has 24 heavy (non-hydrogen) atoms. The number of anilines is 1. The molecule has 0 bridgehead atoms. The van der Waals surface area contributed by atoms with E-state index in [4.69, 9.17) is 32.7 Å². The molecule has 128 valence electrons. The Kier molecular flexibility index (Phi) is 6.17. The second kappa shape index (κ2) is 8.13. The molecule has 0 radical (unpaired) electrons. The van der Waals surface area contributed by atoms with Gasteiger partial charge in [0.25, 0.3) is 0 Å². The molecule has 0 unspecified atom stereocenters. The van der Waals surface area contributed by atoms with Gasteiger partial charge in [-0.05, 0) is 24.3 Å². The van der Waals surface area contributed by atoms with Crippen molar-refractivity contribution in [3.8, 4) is 11.5 Å². The molecule has 0 aliphatic rings. The summed E-state index contributed by atoms with van der Waals surface area (Å²) >= 11 is 11.8. The number of ether oxygens (including phenoxy) is 2. The van der Waals surface area contributed by atoms with Gasteiger partial charge in [0.1, 0.15) is 0 Å². The maximum Gasteiger partial charge on any atom is 0.321 e. The number of nitrogens with zero attached hydrogens (tertiary/aromatic N) is 1. The highest BCUT2D eigenvalue weighted by Gasteiger charge is 2.15. The Morgan fingerprint density at radius 2 is 1.88 bits per heavy atom. The van der Waals surface area contributed by atoms with Crippen molar-refractivity contribution in [1.29, 1.82) is 0 Å².